The summed E-state index contributed by atoms with van der Waals surface area (Å²) in [6.45, 7) is 6.18. The van der Waals surface area contributed by atoms with E-state index >= 15 is 0 Å². The summed E-state index contributed by atoms with van der Waals surface area (Å²) in [7, 11) is 1.63. The number of nitrogens with one attached hydrogen (secondary N) is 1. The largest absolute Gasteiger partial charge is 0.376 e. The van der Waals surface area contributed by atoms with Crippen molar-refractivity contribution in [3.8, 4) is 0 Å². The molecule has 3 heterocycles. The third-order valence-corrected chi connectivity index (χ3v) is 6.71. The second-order valence-corrected chi connectivity index (χ2v) is 9.72. The molecule has 2 atom stereocenters. The summed E-state index contributed by atoms with van der Waals surface area (Å²) in [6, 6.07) is 6.20. The Kier molecular flexibility index (Phi) is 6.95. The van der Waals surface area contributed by atoms with Gasteiger partial charge in [0.05, 0.1) is 30.0 Å². The van der Waals surface area contributed by atoms with Crippen LogP contribution in [0.25, 0.3) is 0 Å². The number of rotatable bonds is 7. The van der Waals surface area contributed by atoms with Gasteiger partial charge < -0.3 is 19.9 Å². The molecule has 1 N–H and O–H groups in total. The molecule has 0 aliphatic carbocycles. The maximum atomic E-state index is 13.5. The first-order chi connectivity index (χ1) is 15.8. The van der Waals surface area contributed by atoms with Gasteiger partial charge in [0, 0.05) is 31.8 Å². The third-order valence-electron chi connectivity index (χ3n) is 6.36. The zero-order valence-electron chi connectivity index (χ0n) is 19.3. The molecule has 1 aromatic rings. The number of hydrogen-bond acceptors (Lipinski definition) is 4. The number of nitrogens with zero attached hydrogens (tertiary/aromatic N) is 3. The quantitative estimate of drug-likeness (QED) is 0.658. The van der Waals surface area contributed by atoms with Gasteiger partial charge in [-0.2, -0.15) is 0 Å². The molecule has 3 aliphatic heterocycles. The molecule has 0 radical (unpaired) electrons. The molecule has 3 aliphatic rings. The molecule has 1 fully saturated rings. The van der Waals surface area contributed by atoms with Crippen LogP contribution >= 0.6 is 11.6 Å². The zero-order chi connectivity index (χ0) is 23.7. The first-order valence-corrected chi connectivity index (χ1v) is 11.8. The smallest absolute Gasteiger partial charge is 0.322 e. The predicted molar refractivity (Wildman–Crippen MR) is 124 cm³/mol. The number of halogens is 1. The maximum Gasteiger partial charge on any atom is 0.322 e. The Balaban J connectivity index is 1.54. The van der Waals surface area contributed by atoms with Crippen LogP contribution in [0.2, 0.25) is 5.02 Å². The topological polar surface area (TPSA) is 82.2 Å². The number of amides is 4. The number of carbonyl (C=O) groups excluding carboxylic acids is 3. The van der Waals surface area contributed by atoms with Gasteiger partial charge in [-0.1, -0.05) is 43.6 Å². The van der Waals surface area contributed by atoms with Crippen molar-refractivity contribution in [3.05, 3.63) is 46.1 Å². The van der Waals surface area contributed by atoms with Crippen LogP contribution in [0.15, 0.2) is 35.5 Å². The fourth-order valence-corrected chi connectivity index (χ4v) is 4.95. The molecule has 178 valence electrons. The highest BCUT2D eigenvalue weighted by Crippen LogP contribution is 2.37. The van der Waals surface area contributed by atoms with Crippen LogP contribution in [0.5, 0.6) is 0 Å². The number of benzene rings is 1. The normalized spacial score (nSPS) is 22.8. The van der Waals surface area contributed by atoms with E-state index in [4.69, 9.17) is 16.3 Å². The highest BCUT2D eigenvalue weighted by molar-refractivity contribution is 6.31. The van der Waals surface area contributed by atoms with Crippen LogP contribution in [0.4, 0.5) is 4.79 Å². The lowest BCUT2D eigenvalue weighted by Crippen LogP contribution is -2.46. The van der Waals surface area contributed by atoms with Gasteiger partial charge in [-0.05, 0) is 30.4 Å². The molecule has 0 spiro atoms. The van der Waals surface area contributed by atoms with E-state index in [9.17, 15) is 14.4 Å². The van der Waals surface area contributed by atoms with Gasteiger partial charge in [0.2, 0.25) is 5.91 Å². The first-order valence-electron chi connectivity index (χ1n) is 11.5. The van der Waals surface area contributed by atoms with E-state index in [0.29, 0.717) is 40.9 Å². The van der Waals surface area contributed by atoms with Crippen molar-refractivity contribution in [1.82, 2.24) is 20.0 Å². The molecule has 1 aromatic carbocycles. The molecular weight excluding hydrogens is 444 g/mol. The minimum Gasteiger partial charge on any atom is -0.376 e. The Labute approximate surface area is 199 Å². The zero-order valence-corrected chi connectivity index (χ0v) is 20.1. The number of urea groups is 1. The molecular formula is C24H31ClN4O4. The van der Waals surface area contributed by atoms with E-state index in [1.54, 1.807) is 25.2 Å². The van der Waals surface area contributed by atoms with Crippen LogP contribution in [0.1, 0.15) is 38.3 Å². The molecule has 9 heteroatoms. The van der Waals surface area contributed by atoms with E-state index in [0.717, 1.165) is 19.4 Å². The molecule has 4 amide bonds. The lowest BCUT2D eigenvalue weighted by Gasteiger charge is -2.31. The molecule has 0 saturated carbocycles. The summed E-state index contributed by atoms with van der Waals surface area (Å²) in [5, 5.41) is 3.35. The Bertz CT molecular complexity index is 973. The molecule has 4 rings (SSSR count). The summed E-state index contributed by atoms with van der Waals surface area (Å²) in [5.74, 6) is -0.0612. The third kappa shape index (κ3) is 4.87. The summed E-state index contributed by atoms with van der Waals surface area (Å²) in [4.78, 5) is 44.1. The SMILES string of the molecule is CC(C)CN(C[C@H]1CCCO1)C(=O)CN1CC2=C(C1=O)[C@H](c1ccccc1Cl)NC(=O)N2C. The maximum absolute atomic E-state index is 13.5. The van der Waals surface area contributed by atoms with Crippen LogP contribution in [0.3, 0.4) is 0 Å². The fraction of sp³-hybridized carbons (Fsp3) is 0.542. The van der Waals surface area contributed by atoms with E-state index in [2.05, 4.69) is 19.2 Å². The van der Waals surface area contributed by atoms with Crippen molar-refractivity contribution >= 4 is 29.4 Å². The van der Waals surface area contributed by atoms with Crippen molar-refractivity contribution in [1.29, 1.82) is 0 Å². The molecule has 33 heavy (non-hydrogen) atoms. The number of likely N-dealkylation sites (N-methyl/N-ethyl adjacent to an activating group) is 1. The molecule has 0 aromatic heterocycles. The lowest BCUT2D eigenvalue weighted by atomic mass is 9.96. The standard InChI is InChI=1S/C24H31ClN4O4/c1-15(2)11-28(12-16-7-6-10-33-16)20(30)14-29-13-19-21(23(29)31)22(26-24(32)27(19)3)17-8-4-5-9-18(17)25/h4-5,8-9,15-16,22H,6-7,10-14H2,1-3H3,(H,26,32)/t16-,22+/m1/s1. The average Bonchev–Trinajstić information content (AvgIpc) is 3.39. The second kappa shape index (κ2) is 9.73. The Morgan fingerprint density at radius 3 is 2.73 bits per heavy atom. The average molecular weight is 475 g/mol. The van der Waals surface area contributed by atoms with Gasteiger partial charge >= 0.3 is 6.03 Å². The van der Waals surface area contributed by atoms with Crippen molar-refractivity contribution < 1.29 is 19.1 Å². The predicted octanol–water partition coefficient (Wildman–Crippen LogP) is 2.80. The number of ether oxygens (including phenoxy) is 1. The lowest BCUT2D eigenvalue weighted by molar-refractivity contribution is -0.139. The van der Waals surface area contributed by atoms with Gasteiger partial charge in [-0.3, -0.25) is 14.5 Å². The Morgan fingerprint density at radius 2 is 2.06 bits per heavy atom. The second-order valence-electron chi connectivity index (χ2n) is 9.31. The highest BCUT2D eigenvalue weighted by atomic mass is 35.5. The minimum absolute atomic E-state index is 0.0391. The molecule has 1 saturated heterocycles. The monoisotopic (exact) mass is 474 g/mol. The van der Waals surface area contributed by atoms with Crippen molar-refractivity contribution in [3.63, 3.8) is 0 Å². The van der Waals surface area contributed by atoms with E-state index in [1.807, 2.05) is 11.0 Å². The molecule has 0 bridgehead atoms. The van der Waals surface area contributed by atoms with Crippen molar-refractivity contribution in [2.24, 2.45) is 5.92 Å². The first kappa shape index (κ1) is 23.6. The van der Waals surface area contributed by atoms with E-state index < -0.39 is 6.04 Å². The van der Waals surface area contributed by atoms with Gasteiger partial charge in [0.15, 0.2) is 0 Å². The number of carbonyl (C=O) groups is 3. The van der Waals surface area contributed by atoms with Crippen molar-refractivity contribution in [2.45, 2.75) is 38.8 Å². The molecule has 0 unspecified atom stereocenters. The van der Waals surface area contributed by atoms with E-state index in [-0.39, 0.29) is 37.0 Å². The minimum atomic E-state index is -0.649. The Hall–Kier alpha value is -2.58. The molecule has 8 nitrogen and oxygen atoms in total. The van der Waals surface area contributed by atoms with Crippen LogP contribution in [-0.4, -0.2) is 78.5 Å². The van der Waals surface area contributed by atoms with Crippen molar-refractivity contribution in [2.75, 3.05) is 39.8 Å². The van der Waals surface area contributed by atoms with Gasteiger partial charge in [0.1, 0.15) is 6.54 Å². The van der Waals surface area contributed by atoms with E-state index in [1.165, 1.54) is 9.80 Å². The summed E-state index contributed by atoms with van der Waals surface area (Å²) >= 11 is 6.39. The van der Waals surface area contributed by atoms with Crippen LogP contribution in [-0.2, 0) is 14.3 Å². The van der Waals surface area contributed by atoms with Gasteiger partial charge in [0.25, 0.3) is 5.91 Å². The van der Waals surface area contributed by atoms with Gasteiger partial charge in [-0.25, -0.2) is 4.79 Å². The highest BCUT2D eigenvalue weighted by Gasteiger charge is 2.44. The fourth-order valence-electron chi connectivity index (χ4n) is 4.71. The van der Waals surface area contributed by atoms with Crippen LogP contribution < -0.4 is 5.32 Å². The summed E-state index contributed by atoms with van der Waals surface area (Å²) in [5.41, 5.74) is 1.73. The Morgan fingerprint density at radius 1 is 1.30 bits per heavy atom. The van der Waals surface area contributed by atoms with Crippen LogP contribution in [0, 0.1) is 5.92 Å². The number of hydrogen-bond donors (Lipinski definition) is 1. The summed E-state index contributed by atoms with van der Waals surface area (Å²) < 4.78 is 5.74. The van der Waals surface area contributed by atoms with Gasteiger partial charge in [-0.15, -0.1) is 0 Å². The summed E-state index contributed by atoms with van der Waals surface area (Å²) in [6.07, 6.45) is 2.00.